The van der Waals surface area contributed by atoms with E-state index < -0.39 is 0 Å². The molecule has 21 heavy (non-hydrogen) atoms. The maximum absolute atomic E-state index is 11.6. The molecule has 3 rings (SSSR count). The molecule has 0 atom stereocenters. The van der Waals surface area contributed by atoms with Gasteiger partial charge in [0, 0.05) is 23.7 Å². The highest BCUT2D eigenvalue weighted by Gasteiger charge is 2.21. The minimum atomic E-state index is -0.265. The molecular formula is C13H13N5O2S. The molecule has 0 radical (unpaired) electrons. The van der Waals surface area contributed by atoms with Crippen LogP contribution < -0.4 is 0 Å². The van der Waals surface area contributed by atoms with Gasteiger partial charge in [-0.25, -0.2) is 0 Å². The molecule has 0 unspecified atom stereocenters. The molecule has 0 N–H and O–H groups in total. The maximum atomic E-state index is 11.6. The summed E-state index contributed by atoms with van der Waals surface area (Å²) in [6.45, 7) is 2.16. The molecule has 0 spiro atoms. The standard InChI is InChI=1S/C13H13N5O2S/c1-2-20-11(19)7-10-8-21-13-16-15-12(18(13)17-10)9-3-5-14-6-4-9/h3-6H,2,7-8H2,1H3. The number of pyridine rings is 1. The van der Waals surface area contributed by atoms with Gasteiger partial charge in [-0.1, -0.05) is 11.8 Å². The normalized spacial score (nSPS) is 13.5. The molecule has 1 aliphatic heterocycles. The fraction of sp³-hybridized carbons (Fsp3) is 0.308. The third-order valence-electron chi connectivity index (χ3n) is 2.81. The largest absolute Gasteiger partial charge is 0.466 e. The SMILES string of the molecule is CCOC(=O)CC1=Nn2c(nnc2-c2ccncc2)SC1. The third kappa shape index (κ3) is 2.94. The lowest BCUT2D eigenvalue weighted by atomic mass is 10.2. The zero-order valence-corrected chi connectivity index (χ0v) is 12.2. The monoisotopic (exact) mass is 303 g/mol. The quantitative estimate of drug-likeness (QED) is 0.798. The second-order valence-electron chi connectivity index (χ2n) is 4.29. The number of carbonyl (C=O) groups excluding carboxylic acids is 1. The Hall–Kier alpha value is -2.22. The number of aromatic nitrogens is 4. The number of esters is 1. The Morgan fingerprint density at radius 1 is 1.38 bits per heavy atom. The molecule has 7 nitrogen and oxygen atoms in total. The molecule has 3 heterocycles. The molecule has 108 valence electrons. The lowest BCUT2D eigenvalue weighted by molar-refractivity contribution is -0.141. The number of ether oxygens (including phenoxy) is 1. The number of carbonyl (C=O) groups is 1. The fourth-order valence-corrected chi connectivity index (χ4v) is 2.71. The van der Waals surface area contributed by atoms with Crippen molar-refractivity contribution < 1.29 is 9.53 Å². The van der Waals surface area contributed by atoms with E-state index in [9.17, 15) is 4.79 Å². The van der Waals surface area contributed by atoms with E-state index >= 15 is 0 Å². The van der Waals surface area contributed by atoms with Crippen LogP contribution in [0.2, 0.25) is 0 Å². The van der Waals surface area contributed by atoms with Crippen LogP contribution in [0.1, 0.15) is 13.3 Å². The number of nitrogens with zero attached hydrogens (tertiary/aromatic N) is 5. The van der Waals surface area contributed by atoms with Crippen molar-refractivity contribution in [2.75, 3.05) is 12.4 Å². The van der Waals surface area contributed by atoms with Gasteiger partial charge < -0.3 is 4.74 Å². The van der Waals surface area contributed by atoms with Gasteiger partial charge in [0.2, 0.25) is 5.16 Å². The van der Waals surface area contributed by atoms with E-state index in [1.807, 2.05) is 12.1 Å². The average Bonchev–Trinajstić information content (AvgIpc) is 2.91. The summed E-state index contributed by atoms with van der Waals surface area (Å²) >= 11 is 1.51. The predicted octanol–water partition coefficient (Wildman–Crippen LogP) is 1.60. The van der Waals surface area contributed by atoms with Gasteiger partial charge in [0.15, 0.2) is 5.82 Å². The highest BCUT2D eigenvalue weighted by atomic mass is 32.2. The number of rotatable bonds is 4. The van der Waals surface area contributed by atoms with Crippen molar-refractivity contribution in [1.29, 1.82) is 0 Å². The summed E-state index contributed by atoms with van der Waals surface area (Å²) in [5.41, 5.74) is 1.63. The molecule has 0 saturated heterocycles. The minimum Gasteiger partial charge on any atom is -0.466 e. The van der Waals surface area contributed by atoms with Crippen LogP contribution in [0.25, 0.3) is 11.4 Å². The Morgan fingerprint density at radius 3 is 2.95 bits per heavy atom. The first-order valence-corrected chi connectivity index (χ1v) is 7.47. The topological polar surface area (TPSA) is 82.3 Å². The van der Waals surface area contributed by atoms with Gasteiger partial charge in [0.25, 0.3) is 0 Å². The first-order valence-electron chi connectivity index (χ1n) is 6.49. The smallest absolute Gasteiger partial charge is 0.311 e. The van der Waals surface area contributed by atoms with Crippen molar-refractivity contribution in [2.45, 2.75) is 18.5 Å². The molecule has 0 aromatic carbocycles. The Labute approximate surface area is 125 Å². The van der Waals surface area contributed by atoms with Crippen LogP contribution in [0.4, 0.5) is 0 Å². The first kappa shape index (κ1) is 13.7. The van der Waals surface area contributed by atoms with Crippen molar-refractivity contribution in [3.05, 3.63) is 24.5 Å². The van der Waals surface area contributed by atoms with Crippen LogP contribution in [-0.4, -0.2) is 43.9 Å². The molecule has 2 aromatic heterocycles. The highest BCUT2D eigenvalue weighted by Crippen LogP contribution is 2.27. The van der Waals surface area contributed by atoms with Crippen LogP contribution >= 0.6 is 11.8 Å². The predicted molar refractivity (Wildman–Crippen MR) is 78.1 cm³/mol. The lowest BCUT2D eigenvalue weighted by Gasteiger charge is -2.13. The molecule has 0 fully saturated rings. The fourth-order valence-electron chi connectivity index (χ4n) is 1.91. The van der Waals surface area contributed by atoms with Gasteiger partial charge in [-0.3, -0.25) is 9.78 Å². The maximum Gasteiger partial charge on any atom is 0.311 e. The van der Waals surface area contributed by atoms with E-state index in [0.717, 1.165) is 16.4 Å². The van der Waals surface area contributed by atoms with Crippen LogP contribution in [0, 0.1) is 0 Å². The molecule has 0 amide bonds. The van der Waals surface area contributed by atoms with Crippen LogP contribution in [-0.2, 0) is 9.53 Å². The highest BCUT2D eigenvalue weighted by molar-refractivity contribution is 7.99. The van der Waals surface area contributed by atoms with E-state index in [0.29, 0.717) is 18.2 Å². The van der Waals surface area contributed by atoms with Gasteiger partial charge >= 0.3 is 5.97 Å². The summed E-state index contributed by atoms with van der Waals surface area (Å²) in [4.78, 5) is 15.5. The molecule has 0 saturated carbocycles. The van der Waals surface area contributed by atoms with Crippen molar-refractivity contribution in [2.24, 2.45) is 5.10 Å². The van der Waals surface area contributed by atoms with Crippen LogP contribution in [0.5, 0.6) is 0 Å². The number of hydrogen-bond donors (Lipinski definition) is 0. The lowest BCUT2D eigenvalue weighted by Crippen LogP contribution is -2.18. The summed E-state index contributed by atoms with van der Waals surface area (Å²) in [6, 6.07) is 3.69. The number of hydrogen-bond acceptors (Lipinski definition) is 7. The zero-order valence-electron chi connectivity index (χ0n) is 11.4. The molecule has 8 heteroatoms. The Morgan fingerprint density at radius 2 is 2.19 bits per heavy atom. The first-order chi connectivity index (χ1) is 10.3. The Kier molecular flexibility index (Phi) is 3.96. The van der Waals surface area contributed by atoms with Gasteiger partial charge in [-0.15, -0.1) is 10.2 Å². The van der Waals surface area contributed by atoms with Crippen molar-refractivity contribution in [3.63, 3.8) is 0 Å². The number of fused-ring (bicyclic) bond motifs is 1. The van der Waals surface area contributed by atoms with Gasteiger partial charge in [-0.05, 0) is 19.1 Å². The Balaban J connectivity index is 1.89. The average molecular weight is 303 g/mol. The molecular weight excluding hydrogens is 290 g/mol. The number of thioether (sulfide) groups is 1. The van der Waals surface area contributed by atoms with E-state index in [1.165, 1.54) is 11.8 Å². The van der Waals surface area contributed by atoms with Gasteiger partial charge in [-0.2, -0.15) is 9.78 Å². The van der Waals surface area contributed by atoms with E-state index in [-0.39, 0.29) is 12.4 Å². The molecule has 0 aliphatic carbocycles. The minimum absolute atomic E-state index is 0.189. The summed E-state index contributed by atoms with van der Waals surface area (Å²) < 4.78 is 6.62. The summed E-state index contributed by atoms with van der Waals surface area (Å²) in [5, 5.41) is 13.5. The van der Waals surface area contributed by atoms with Crippen LogP contribution in [0.15, 0.2) is 34.8 Å². The van der Waals surface area contributed by atoms with E-state index in [4.69, 9.17) is 4.74 Å². The molecule has 2 aromatic rings. The summed E-state index contributed by atoms with van der Waals surface area (Å²) in [5.74, 6) is 0.993. The van der Waals surface area contributed by atoms with Gasteiger partial charge in [0.05, 0.1) is 18.7 Å². The van der Waals surface area contributed by atoms with Crippen molar-refractivity contribution >= 4 is 23.4 Å². The van der Waals surface area contributed by atoms with E-state index in [2.05, 4.69) is 20.3 Å². The summed E-state index contributed by atoms with van der Waals surface area (Å²) in [6.07, 6.45) is 3.57. The third-order valence-corrected chi connectivity index (χ3v) is 3.80. The molecule has 0 bridgehead atoms. The van der Waals surface area contributed by atoms with E-state index in [1.54, 1.807) is 24.0 Å². The summed E-state index contributed by atoms with van der Waals surface area (Å²) in [7, 11) is 0. The molecule has 1 aliphatic rings. The zero-order chi connectivity index (χ0) is 14.7. The van der Waals surface area contributed by atoms with Crippen LogP contribution in [0.3, 0.4) is 0 Å². The second-order valence-corrected chi connectivity index (χ2v) is 5.23. The van der Waals surface area contributed by atoms with Crippen molar-refractivity contribution in [3.8, 4) is 11.4 Å². The van der Waals surface area contributed by atoms with Crippen molar-refractivity contribution in [1.82, 2.24) is 19.9 Å². The Bertz CT molecular complexity index is 683. The van der Waals surface area contributed by atoms with Gasteiger partial charge in [0.1, 0.15) is 0 Å². The second kappa shape index (κ2) is 6.04.